The Hall–Kier alpha value is -1.87. The van der Waals surface area contributed by atoms with E-state index in [0.29, 0.717) is 11.2 Å². The first kappa shape index (κ1) is 13.6. The standard InChI is InChI=1S/C13H11BrFN3O/c1-8-10(6-14)13(18(2)17-8)19-12-4-3-9(7-16)5-11(12)15/h3-5H,6H2,1-2H3. The van der Waals surface area contributed by atoms with Gasteiger partial charge in [0.05, 0.1) is 17.3 Å². The quantitative estimate of drug-likeness (QED) is 0.813. The molecule has 98 valence electrons. The van der Waals surface area contributed by atoms with Gasteiger partial charge in [0.1, 0.15) is 0 Å². The minimum absolute atomic E-state index is 0.0733. The van der Waals surface area contributed by atoms with Gasteiger partial charge in [-0.1, -0.05) is 15.9 Å². The molecule has 0 spiro atoms. The molecular formula is C13H11BrFN3O. The molecule has 0 fully saturated rings. The zero-order valence-electron chi connectivity index (χ0n) is 10.4. The van der Waals surface area contributed by atoms with E-state index >= 15 is 0 Å². The number of nitrogens with zero attached hydrogens (tertiary/aromatic N) is 3. The lowest BCUT2D eigenvalue weighted by atomic mass is 10.2. The molecule has 0 saturated carbocycles. The van der Waals surface area contributed by atoms with E-state index in [1.807, 2.05) is 13.0 Å². The fourth-order valence-electron chi connectivity index (χ4n) is 1.72. The van der Waals surface area contributed by atoms with E-state index in [4.69, 9.17) is 10.00 Å². The Morgan fingerprint density at radius 2 is 2.26 bits per heavy atom. The van der Waals surface area contributed by atoms with Crippen LogP contribution in [-0.4, -0.2) is 9.78 Å². The fraction of sp³-hybridized carbons (Fsp3) is 0.231. The maximum Gasteiger partial charge on any atom is 0.222 e. The highest BCUT2D eigenvalue weighted by molar-refractivity contribution is 9.08. The van der Waals surface area contributed by atoms with Crippen LogP contribution in [-0.2, 0) is 12.4 Å². The molecule has 0 unspecified atom stereocenters. The summed E-state index contributed by atoms with van der Waals surface area (Å²) in [5.41, 5.74) is 1.95. The van der Waals surface area contributed by atoms with E-state index in [1.54, 1.807) is 11.7 Å². The van der Waals surface area contributed by atoms with Gasteiger partial charge in [-0.05, 0) is 25.1 Å². The highest BCUT2D eigenvalue weighted by Gasteiger charge is 2.16. The Bertz CT molecular complexity index is 661. The van der Waals surface area contributed by atoms with Crippen LogP contribution in [0.2, 0.25) is 0 Å². The summed E-state index contributed by atoms with van der Waals surface area (Å²) in [7, 11) is 1.73. The number of hydrogen-bond acceptors (Lipinski definition) is 3. The lowest BCUT2D eigenvalue weighted by molar-refractivity contribution is 0.401. The van der Waals surface area contributed by atoms with Gasteiger partial charge in [-0.3, -0.25) is 0 Å². The largest absolute Gasteiger partial charge is 0.436 e. The van der Waals surface area contributed by atoms with E-state index in [-0.39, 0.29) is 11.3 Å². The highest BCUT2D eigenvalue weighted by Crippen LogP contribution is 2.30. The van der Waals surface area contributed by atoms with Gasteiger partial charge >= 0.3 is 0 Å². The first-order chi connectivity index (χ1) is 9.06. The number of benzene rings is 1. The van der Waals surface area contributed by atoms with Gasteiger partial charge in [-0.25, -0.2) is 9.07 Å². The third-order valence-corrected chi connectivity index (χ3v) is 3.25. The molecule has 0 aliphatic carbocycles. The Morgan fingerprint density at radius 3 is 2.84 bits per heavy atom. The molecule has 19 heavy (non-hydrogen) atoms. The minimum atomic E-state index is -0.571. The number of aryl methyl sites for hydroxylation is 2. The van der Waals surface area contributed by atoms with E-state index in [0.717, 1.165) is 17.3 Å². The Balaban J connectivity index is 2.39. The number of aromatic nitrogens is 2. The Kier molecular flexibility index (Phi) is 3.86. The predicted octanol–water partition coefficient (Wildman–Crippen LogP) is 3.43. The maximum atomic E-state index is 13.8. The van der Waals surface area contributed by atoms with Gasteiger partial charge < -0.3 is 4.74 Å². The molecule has 1 heterocycles. The van der Waals surface area contributed by atoms with Crippen molar-refractivity contribution in [1.29, 1.82) is 5.26 Å². The highest BCUT2D eigenvalue weighted by atomic mass is 79.9. The molecule has 4 nitrogen and oxygen atoms in total. The van der Waals surface area contributed by atoms with Crippen LogP contribution >= 0.6 is 15.9 Å². The normalized spacial score (nSPS) is 10.3. The van der Waals surface area contributed by atoms with Crippen LogP contribution in [0.1, 0.15) is 16.8 Å². The summed E-state index contributed by atoms with van der Waals surface area (Å²) in [5.74, 6) is -0.0133. The SMILES string of the molecule is Cc1nn(C)c(Oc2ccc(C#N)cc2F)c1CBr. The van der Waals surface area contributed by atoms with Crippen molar-refractivity contribution >= 4 is 15.9 Å². The van der Waals surface area contributed by atoms with Crippen molar-refractivity contribution in [3.63, 3.8) is 0 Å². The average Bonchev–Trinajstić information content (AvgIpc) is 2.66. The van der Waals surface area contributed by atoms with Gasteiger partial charge in [0.25, 0.3) is 0 Å². The number of nitriles is 1. The molecule has 2 rings (SSSR count). The topological polar surface area (TPSA) is 50.8 Å². The van der Waals surface area contributed by atoms with Crippen LogP contribution in [0, 0.1) is 24.1 Å². The molecule has 0 aliphatic rings. The zero-order valence-corrected chi connectivity index (χ0v) is 12.0. The smallest absolute Gasteiger partial charge is 0.222 e. The molecule has 6 heteroatoms. The lowest BCUT2D eigenvalue weighted by Gasteiger charge is -2.08. The Labute approximate surface area is 118 Å². The molecule has 0 saturated heterocycles. The van der Waals surface area contributed by atoms with Crippen molar-refractivity contribution in [1.82, 2.24) is 9.78 Å². The van der Waals surface area contributed by atoms with Gasteiger partial charge in [-0.15, -0.1) is 0 Å². The number of halogens is 2. The van der Waals surface area contributed by atoms with Crippen molar-refractivity contribution in [2.45, 2.75) is 12.3 Å². The molecule has 0 amide bonds. The second-order valence-electron chi connectivity index (χ2n) is 3.99. The molecule has 0 bridgehead atoms. The van der Waals surface area contributed by atoms with Crippen molar-refractivity contribution in [3.05, 3.63) is 40.8 Å². The lowest BCUT2D eigenvalue weighted by Crippen LogP contribution is -1.98. The Morgan fingerprint density at radius 1 is 1.53 bits per heavy atom. The summed E-state index contributed by atoms with van der Waals surface area (Å²) in [4.78, 5) is 0. The molecule has 1 aromatic heterocycles. The first-order valence-corrected chi connectivity index (χ1v) is 6.65. The molecular weight excluding hydrogens is 313 g/mol. The molecule has 0 aliphatic heterocycles. The van der Waals surface area contributed by atoms with Crippen molar-refractivity contribution < 1.29 is 9.13 Å². The van der Waals surface area contributed by atoms with E-state index in [2.05, 4.69) is 21.0 Å². The van der Waals surface area contributed by atoms with Gasteiger partial charge in [0.15, 0.2) is 11.6 Å². The zero-order chi connectivity index (χ0) is 14.0. The average molecular weight is 324 g/mol. The maximum absolute atomic E-state index is 13.8. The van der Waals surface area contributed by atoms with Crippen LogP contribution in [0.15, 0.2) is 18.2 Å². The van der Waals surface area contributed by atoms with Crippen molar-refractivity contribution in [2.24, 2.45) is 7.05 Å². The van der Waals surface area contributed by atoms with E-state index < -0.39 is 5.82 Å². The third-order valence-electron chi connectivity index (χ3n) is 2.69. The summed E-state index contributed by atoms with van der Waals surface area (Å²) in [6, 6.07) is 5.97. The van der Waals surface area contributed by atoms with Crippen molar-refractivity contribution in [3.8, 4) is 17.7 Å². The van der Waals surface area contributed by atoms with Gasteiger partial charge in [0.2, 0.25) is 5.88 Å². The summed E-state index contributed by atoms with van der Waals surface area (Å²) in [6.07, 6.45) is 0. The molecule has 1 aromatic carbocycles. The monoisotopic (exact) mass is 323 g/mol. The number of ether oxygens (including phenoxy) is 1. The third kappa shape index (κ3) is 2.61. The molecule has 0 radical (unpaired) electrons. The summed E-state index contributed by atoms with van der Waals surface area (Å²) in [6.45, 7) is 1.86. The number of hydrogen-bond donors (Lipinski definition) is 0. The summed E-state index contributed by atoms with van der Waals surface area (Å²) >= 11 is 3.36. The van der Waals surface area contributed by atoms with E-state index in [1.165, 1.54) is 12.1 Å². The molecule has 0 N–H and O–H groups in total. The second kappa shape index (κ2) is 5.41. The summed E-state index contributed by atoms with van der Waals surface area (Å²) < 4.78 is 20.9. The van der Waals surface area contributed by atoms with Gasteiger partial charge in [0, 0.05) is 17.9 Å². The predicted molar refractivity (Wildman–Crippen MR) is 71.8 cm³/mol. The van der Waals surface area contributed by atoms with Crippen LogP contribution in [0.4, 0.5) is 4.39 Å². The molecule has 2 aromatic rings. The second-order valence-corrected chi connectivity index (χ2v) is 4.55. The van der Waals surface area contributed by atoms with Crippen LogP contribution in [0.3, 0.4) is 0 Å². The van der Waals surface area contributed by atoms with Crippen LogP contribution in [0.5, 0.6) is 11.6 Å². The molecule has 0 atom stereocenters. The fourth-order valence-corrected chi connectivity index (χ4v) is 2.37. The minimum Gasteiger partial charge on any atom is -0.436 e. The number of alkyl halides is 1. The summed E-state index contributed by atoms with van der Waals surface area (Å²) in [5, 5.41) is 13.5. The number of rotatable bonds is 3. The first-order valence-electron chi connectivity index (χ1n) is 5.52. The van der Waals surface area contributed by atoms with E-state index in [9.17, 15) is 4.39 Å². The van der Waals surface area contributed by atoms with Crippen LogP contribution < -0.4 is 4.74 Å². The van der Waals surface area contributed by atoms with Crippen LogP contribution in [0.25, 0.3) is 0 Å². The van der Waals surface area contributed by atoms with Crippen molar-refractivity contribution in [2.75, 3.05) is 0 Å². The van der Waals surface area contributed by atoms with Gasteiger partial charge in [-0.2, -0.15) is 10.4 Å².